The van der Waals surface area contributed by atoms with Gasteiger partial charge in [-0.25, -0.2) is 4.39 Å². The number of carbonyl (C=O) groups excluding carboxylic acids is 1. The van der Waals surface area contributed by atoms with Gasteiger partial charge in [0.25, 0.3) is 5.91 Å². The van der Waals surface area contributed by atoms with Gasteiger partial charge >= 0.3 is 6.18 Å². The molecule has 0 saturated heterocycles. The van der Waals surface area contributed by atoms with Crippen molar-refractivity contribution in [3.8, 4) is 5.75 Å². The van der Waals surface area contributed by atoms with Crippen molar-refractivity contribution in [3.05, 3.63) is 29.6 Å². The van der Waals surface area contributed by atoms with Crippen molar-refractivity contribution in [1.82, 2.24) is 5.32 Å². The number of nitrogens with two attached hydrogens (primary N) is 1. The summed E-state index contributed by atoms with van der Waals surface area (Å²) in [5.41, 5.74) is 5.10. The molecule has 0 fully saturated rings. The van der Waals surface area contributed by atoms with E-state index < -0.39 is 31.1 Å². The third-order valence-corrected chi connectivity index (χ3v) is 2.27. The first kappa shape index (κ1) is 16.2. The highest BCUT2D eigenvalue weighted by atomic mass is 32.1. The third-order valence-electron chi connectivity index (χ3n) is 2.07. The summed E-state index contributed by atoms with van der Waals surface area (Å²) in [6.45, 7) is -2.18. The average molecular weight is 310 g/mol. The van der Waals surface area contributed by atoms with Crippen LogP contribution in [0.5, 0.6) is 5.75 Å². The maximum Gasteiger partial charge on any atom is 0.405 e. The summed E-state index contributed by atoms with van der Waals surface area (Å²) in [6, 6.07) is 3.68. The molecule has 1 aromatic rings. The minimum Gasteiger partial charge on any atom is -0.483 e. The SMILES string of the molecule is NC(=S)c1c(F)cccc1OCC(=O)NCC(F)(F)F. The minimum absolute atomic E-state index is 0.111. The Labute approximate surface area is 116 Å². The van der Waals surface area contributed by atoms with Gasteiger partial charge in [0.1, 0.15) is 23.1 Å². The Kier molecular flexibility index (Phi) is 5.26. The van der Waals surface area contributed by atoms with E-state index in [2.05, 4.69) is 12.2 Å². The van der Waals surface area contributed by atoms with E-state index in [9.17, 15) is 22.4 Å². The van der Waals surface area contributed by atoms with Crippen molar-refractivity contribution < 1.29 is 27.1 Å². The summed E-state index contributed by atoms with van der Waals surface area (Å²) in [4.78, 5) is 10.9. The highest BCUT2D eigenvalue weighted by Crippen LogP contribution is 2.21. The number of hydrogen-bond acceptors (Lipinski definition) is 3. The smallest absolute Gasteiger partial charge is 0.405 e. The van der Waals surface area contributed by atoms with Crippen LogP contribution in [0.1, 0.15) is 5.56 Å². The number of nitrogens with one attached hydrogen (secondary N) is 1. The summed E-state index contributed by atoms with van der Waals surface area (Å²) >= 11 is 4.63. The Bertz CT molecular complexity index is 520. The van der Waals surface area contributed by atoms with E-state index in [0.717, 1.165) is 6.07 Å². The van der Waals surface area contributed by atoms with Crippen molar-refractivity contribution in [2.75, 3.05) is 13.2 Å². The maximum absolute atomic E-state index is 13.4. The van der Waals surface area contributed by atoms with Crippen LogP contribution in [0.3, 0.4) is 0 Å². The second-order valence-electron chi connectivity index (χ2n) is 3.66. The van der Waals surface area contributed by atoms with Crippen molar-refractivity contribution in [2.45, 2.75) is 6.18 Å². The van der Waals surface area contributed by atoms with Crippen molar-refractivity contribution in [1.29, 1.82) is 0 Å². The van der Waals surface area contributed by atoms with E-state index in [1.807, 2.05) is 0 Å². The van der Waals surface area contributed by atoms with Gasteiger partial charge in [-0.1, -0.05) is 18.3 Å². The van der Waals surface area contributed by atoms with Gasteiger partial charge in [0.2, 0.25) is 0 Å². The monoisotopic (exact) mass is 310 g/mol. The molecule has 0 heterocycles. The highest BCUT2D eigenvalue weighted by Gasteiger charge is 2.27. The first-order chi connectivity index (χ1) is 9.20. The summed E-state index contributed by atoms with van der Waals surface area (Å²) in [6.07, 6.45) is -4.52. The van der Waals surface area contributed by atoms with Gasteiger partial charge in [-0.05, 0) is 12.1 Å². The lowest BCUT2D eigenvalue weighted by atomic mass is 10.2. The molecule has 0 aliphatic carbocycles. The van der Waals surface area contributed by atoms with E-state index in [1.54, 1.807) is 5.32 Å². The normalized spacial score (nSPS) is 11.0. The molecule has 0 aliphatic heterocycles. The van der Waals surface area contributed by atoms with E-state index >= 15 is 0 Å². The lowest BCUT2D eigenvalue weighted by Gasteiger charge is -2.12. The van der Waals surface area contributed by atoms with Crippen molar-refractivity contribution in [2.24, 2.45) is 5.73 Å². The Balaban J connectivity index is 2.64. The molecule has 0 spiro atoms. The van der Waals surface area contributed by atoms with E-state index in [0.29, 0.717) is 0 Å². The van der Waals surface area contributed by atoms with Gasteiger partial charge in [-0.15, -0.1) is 0 Å². The largest absolute Gasteiger partial charge is 0.483 e. The van der Waals surface area contributed by atoms with Crippen LogP contribution in [0, 0.1) is 5.82 Å². The highest BCUT2D eigenvalue weighted by molar-refractivity contribution is 7.80. The number of amides is 1. The Hall–Kier alpha value is -1.90. The van der Waals surface area contributed by atoms with Gasteiger partial charge in [0.05, 0.1) is 5.56 Å². The molecular weight excluding hydrogens is 300 g/mol. The molecule has 3 N–H and O–H groups in total. The molecule has 20 heavy (non-hydrogen) atoms. The second-order valence-corrected chi connectivity index (χ2v) is 4.10. The van der Waals surface area contributed by atoms with Crippen LogP contribution in [0.4, 0.5) is 17.6 Å². The molecule has 1 rings (SSSR count). The zero-order valence-corrected chi connectivity index (χ0v) is 10.8. The van der Waals surface area contributed by atoms with Crippen molar-refractivity contribution in [3.63, 3.8) is 0 Å². The molecular formula is C11H10F4N2O2S. The predicted octanol–water partition coefficient (Wildman–Crippen LogP) is 1.52. The van der Waals surface area contributed by atoms with Crippen LogP contribution in [0.2, 0.25) is 0 Å². The molecule has 4 nitrogen and oxygen atoms in total. The summed E-state index contributed by atoms with van der Waals surface area (Å²) in [5.74, 6) is -1.86. The molecule has 0 saturated carbocycles. The van der Waals surface area contributed by atoms with Crippen LogP contribution in [-0.2, 0) is 4.79 Å². The van der Waals surface area contributed by atoms with Gasteiger partial charge in [0.15, 0.2) is 6.61 Å². The predicted molar refractivity (Wildman–Crippen MR) is 66.8 cm³/mol. The number of benzene rings is 1. The van der Waals surface area contributed by atoms with E-state index in [1.165, 1.54) is 12.1 Å². The fourth-order valence-electron chi connectivity index (χ4n) is 1.26. The van der Waals surface area contributed by atoms with Crippen LogP contribution in [0.15, 0.2) is 18.2 Å². The van der Waals surface area contributed by atoms with Crippen LogP contribution in [0.25, 0.3) is 0 Å². The number of ether oxygens (including phenoxy) is 1. The zero-order valence-electron chi connectivity index (χ0n) is 9.96. The molecule has 0 aliphatic rings. The Morgan fingerprint density at radius 2 is 2.05 bits per heavy atom. The molecule has 0 bridgehead atoms. The number of rotatable bonds is 5. The van der Waals surface area contributed by atoms with Crippen molar-refractivity contribution >= 4 is 23.1 Å². The average Bonchev–Trinajstić information content (AvgIpc) is 2.32. The van der Waals surface area contributed by atoms with Gasteiger partial charge in [0, 0.05) is 0 Å². The molecule has 0 unspecified atom stereocenters. The number of alkyl halides is 3. The van der Waals surface area contributed by atoms with Gasteiger partial charge < -0.3 is 15.8 Å². The lowest BCUT2D eigenvalue weighted by molar-refractivity contribution is -0.139. The second kappa shape index (κ2) is 6.51. The first-order valence-electron chi connectivity index (χ1n) is 5.25. The van der Waals surface area contributed by atoms with Gasteiger partial charge in [-0.3, -0.25) is 4.79 Å². The van der Waals surface area contributed by atoms with E-state index in [4.69, 9.17) is 10.5 Å². The lowest BCUT2D eigenvalue weighted by Crippen LogP contribution is -2.36. The Morgan fingerprint density at radius 1 is 1.40 bits per heavy atom. The Morgan fingerprint density at radius 3 is 2.60 bits per heavy atom. The fraction of sp³-hybridized carbons (Fsp3) is 0.273. The van der Waals surface area contributed by atoms with E-state index in [-0.39, 0.29) is 16.3 Å². The number of thiocarbonyl (C=S) groups is 1. The van der Waals surface area contributed by atoms with Crippen LogP contribution < -0.4 is 15.8 Å². The fourth-order valence-corrected chi connectivity index (χ4v) is 1.45. The number of halogens is 4. The topological polar surface area (TPSA) is 64.3 Å². The molecule has 1 aromatic carbocycles. The summed E-state index contributed by atoms with van der Waals surface area (Å²) in [7, 11) is 0. The molecule has 9 heteroatoms. The molecule has 0 radical (unpaired) electrons. The quantitative estimate of drug-likeness (QED) is 0.639. The molecule has 110 valence electrons. The van der Waals surface area contributed by atoms with Gasteiger partial charge in [-0.2, -0.15) is 13.2 Å². The first-order valence-corrected chi connectivity index (χ1v) is 5.66. The minimum atomic E-state index is -4.52. The standard InChI is InChI=1S/C11H10F4N2O2S/c12-6-2-1-3-7(9(6)10(16)20)19-4-8(18)17-5-11(13,14)15/h1-3H,4-5H2,(H2,16,20)(H,17,18). The summed E-state index contributed by atoms with van der Waals surface area (Å²) in [5, 5.41) is 1.61. The number of hydrogen-bond donors (Lipinski definition) is 2. The molecule has 1 amide bonds. The number of carbonyl (C=O) groups is 1. The zero-order chi connectivity index (χ0) is 15.3. The summed E-state index contributed by atoms with van der Waals surface area (Å²) < 4.78 is 53.9. The van der Waals surface area contributed by atoms with Crippen LogP contribution in [-0.4, -0.2) is 30.2 Å². The molecule has 0 aromatic heterocycles. The molecule has 0 atom stereocenters. The maximum atomic E-state index is 13.4. The third kappa shape index (κ3) is 5.00. The van der Waals surface area contributed by atoms with Crippen LogP contribution >= 0.6 is 12.2 Å².